The van der Waals surface area contributed by atoms with Gasteiger partial charge >= 0.3 is 0 Å². The van der Waals surface area contributed by atoms with E-state index in [2.05, 4.69) is 10.6 Å². The molecule has 0 radical (unpaired) electrons. The second kappa shape index (κ2) is 11.7. The van der Waals surface area contributed by atoms with Crippen LogP contribution in [0.15, 0.2) is 77.1 Å². The molecule has 0 saturated carbocycles. The highest BCUT2D eigenvalue weighted by atomic mass is 35.5. The number of nitrogens with zero attached hydrogens (tertiary/aromatic N) is 3. The summed E-state index contributed by atoms with van der Waals surface area (Å²) in [7, 11) is 0. The van der Waals surface area contributed by atoms with Crippen LogP contribution in [0.3, 0.4) is 0 Å². The van der Waals surface area contributed by atoms with Crippen LogP contribution in [-0.4, -0.2) is 32.4 Å². The van der Waals surface area contributed by atoms with Crippen LogP contribution in [0.1, 0.15) is 42.1 Å². The zero-order valence-corrected chi connectivity index (χ0v) is 24.2. The number of allylic oxidation sites excluding steroid dienone is 1. The molecule has 0 bridgehead atoms. The maximum Gasteiger partial charge on any atom is 0.255 e. The fourth-order valence-corrected chi connectivity index (χ4v) is 5.78. The molecule has 0 spiro atoms. The van der Waals surface area contributed by atoms with Gasteiger partial charge in [-0.05, 0) is 68.7 Å². The first-order chi connectivity index (χ1) is 19.2. The minimum atomic E-state index is -0.621. The fourth-order valence-electron chi connectivity index (χ4n) is 4.67. The molecule has 1 aliphatic heterocycles. The largest absolute Gasteiger partial charge is 0.504 e. The molecule has 0 aliphatic carbocycles. The first kappa shape index (κ1) is 27.6. The number of hydrogen-bond donors (Lipinski definition) is 3. The maximum atomic E-state index is 13.9. The zero-order valence-electron chi connectivity index (χ0n) is 22.7. The van der Waals surface area contributed by atoms with Crippen molar-refractivity contribution in [3.05, 3.63) is 99.2 Å². The van der Waals surface area contributed by atoms with Gasteiger partial charge in [0.2, 0.25) is 11.1 Å². The van der Waals surface area contributed by atoms with E-state index in [4.69, 9.17) is 26.4 Å². The lowest BCUT2D eigenvalue weighted by Crippen LogP contribution is -2.31. The predicted molar refractivity (Wildman–Crippen MR) is 159 cm³/mol. The molecule has 5 rings (SSSR count). The Kier molecular flexibility index (Phi) is 8.04. The summed E-state index contributed by atoms with van der Waals surface area (Å²) in [6.07, 6.45) is 0. The number of fused-ring (bicyclic) bond motifs is 1. The monoisotopic (exact) mass is 575 g/mol. The van der Waals surface area contributed by atoms with E-state index < -0.39 is 6.04 Å². The molecule has 1 unspecified atom stereocenters. The predicted octanol–water partition coefficient (Wildman–Crippen LogP) is 6.87. The standard InChI is InChI=1S/C30H30ClN5O3S/c1-5-39-25-15-20(11-13-24(25)37)27-26(28(38)33-23-12-10-17(2)14-18(23)3)19(4)32-29-34-30(35-36(27)29)40-16-21-8-6-7-9-22(21)31/h6-15,27,37H,5,16H2,1-4H3,(H,33,38)(H,32,34,35). The van der Waals surface area contributed by atoms with Crippen molar-refractivity contribution in [3.63, 3.8) is 0 Å². The van der Waals surface area contributed by atoms with Gasteiger partial charge < -0.3 is 20.5 Å². The molecule has 3 aromatic carbocycles. The van der Waals surface area contributed by atoms with Gasteiger partial charge in [-0.3, -0.25) is 4.79 Å². The van der Waals surface area contributed by atoms with E-state index in [1.165, 1.54) is 11.8 Å². The second-order valence-corrected chi connectivity index (χ2v) is 10.9. The lowest BCUT2D eigenvalue weighted by Gasteiger charge is -2.29. The van der Waals surface area contributed by atoms with Crippen molar-refractivity contribution >= 4 is 40.9 Å². The van der Waals surface area contributed by atoms with E-state index in [9.17, 15) is 9.90 Å². The fraction of sp³-hybridized carbons (Fsp3) is 0.233. The SMILES string of the molecule is CCOc1cc(C2C(C(=O)Nc3ccc(C)cc3C)=C(C)Nc3nc(SCc4ccccc4Cl)nn32)ccc1O. The summed E-state index contributed by atoms with van der Waals surface area (Å²) in [5, 5.41) is 22.7. The Labute approximate surface area is 242 Å². The third-order valence-electron chi connectivity index (χ3n) is 6.62. The normalized spacial score (nSPS) is 14.5. The molecule has 3 N–H and O–H groups in total. The van der Waals surface area contributed by atoms with Crippen LogP contribution >= 0.6 is 23.4 Å². The van der Waals surface area contributed by atoms with Crippen LogP contribution in [0.4, 0.5) is 11.6 Å². The quantitative estimate of drug-likeness (QED) is 0.197. The molecule has 1 aliphatic rings. The van der Waals surface area contributed by atoms with Crippen molar-refractivity contribution in [2.45, 2.75) is 44.6 Å². The first-order valence-corrected chi connectivity index (χ1v) is 14.3. The van der Waals surface area contributed by atoms with Crippen LogP contribution in [0, 0.1) is 13.8 Å². The van der Waals surface area contributed by atoms with Gasteiger partial charge in [0.25, 0.3) is 5.91 Å². The van der Waals surface area contributed by atoms with E-state index in [0.717, 1.165) is 27.9 Å². The van der Waals surface area contributed by atoms with Gasteiger partial charge in [0.05, 0.1) is 12.2 Å². The summed E-state index contributed by atoms with van der Waals surface area (Å²) < 4.78 is 7.37. The van der Waals surface area contributed by atoms with Crippen LogP contribution < -0.4 is 15.4 Å². The second-order valence-electron chi connectivity index (χ2n) is 9.54. The van der Waals surface area contributed by atoms with Crippen molar-refractivity contribution in [2.24, 2.45) is 0 Å². The summed E-state index contributed by atoms with van der Waals surface area (Å²) in [4.78, 5) is 18.6. The number of rotatable bonds is 8. The Hall–Kier alpha value is -3.95. The van der Waals surface area contributed by atoms with Crippen molar-refractivity contribution in [1.29, 1.82) is 0 Å². The Morgan fingerprint density at radius 2 is 1.95 bits per heavy atom. The summed E-state index contributed by atoms with van der Waals surface area (Å²) in [5.74, 6) is 1.20. The summed E-state index contributed by atoms with van der Waals surface area (Å²) >= 11 is 7.81. The highest BCUT2D eigenvalue weighted by Crippen LogP contribution is 2.40. The number of benzene rings is 3. The Morgan fingerprint density at radius 3 is 2.70 bits per heavy atom. The maximum absolute atomic E-state index is 13.9. The zero-order chi connectivity index (χ0) is 28.4. The average molecular weight is 576 g/mol. The Balaban J connectivity index is 1.54. The Bertz CT molecular complexity index is 1620. The number of phenols is 1. The molecular weight excluding hydrogens is 546 g/mol. The molecule has 40 heavy (non-hydrogen) atoms. The first-order valence-electron chi connectivity index (χ1n) is 12.9. The molecule has 206 valence electrons. The number of aromatic nitrogens is 3. The molecule has 10 heteroatoms. The number of thioether (sulfide) groups is 1. The molecule has 8 nitrogen and oxygen atoms in total. The molecule has 2 heterocycles. The van der Waals surface area contributed by atoms with Gasteiger partial charge in [0, 0.05) is 22.2 Å². The molecular formula is C30H30ClN5O3S. The molecule has 4 aromatic rings. The van der Waals surface area contributed by atoms with E-state index in [1.807, 2.05) is 70.2 Å². The third-order valence-corrected chi connectivity index (χ3v) is 7.88. The van der Waals surface area contributed by atoms with Crippen LogP contribution in [0.2, 0.25) is 5.02 Å². The molecule has 1 amide bonds. The number of anilines is 2. The number of aromatic hydroxyl groups is 1. The number of carbonyl (C=O) groups excluding carboxylic acids is 1. The smallest absolute Gasteiger partial charge is 0.255 e. The molecule has 1 atom stereocenters. The van der Waals surface area contributed by atoms with E-state index >= 15 is 0 Å². The van der Waals surface area contributed by atoms with Gasteiger partial charge in [0.15, 0.2) is 11.5 Å². The average Bonchev–Trinajstić information content (AvgIpc) is 3.32. The van der Waals surface area contributed by atoms with E-state index in [-0.39, 0.29) is 11.7 Å². The Morgan fingerprint density at radius 1 is 1.15 bits per heavy atom. The van der Waals surface area contributed by atoms with E-state index in [1.54, 1.807) is 22.9 Å². The van der Waals surface area contributed by atoms with Crippen LogP contribution in [0.5, 0.6) is 11.5 Å². The van der Waals surface area contributed by atoms with Gasteiger partial charge in [-0.25, -0.2) is 4.68 Å². The molecule has 1 aromatic heterocycles. The number of halogens is 1. The lowest BCUT2D eigenvalue weighted by molar-refractivity contribution is -0.113. The third kappa shape index (κ3) is 5.66. The van der Waals surface area contributed by atoms with Gasteiger partial charge in [0.1, 0.15) is 6.04 Å². The van der Waals surface area contributed by atoms with Crippen LogP contribution in [-0.2, 0) is 10.5 Å². The summed E-state index contributed by atoms with van der Waals surface area (Å²) in [6.45, 7) is 8.06. The van der Waals surface area contributed by atoms with Gasteiger partial charge in [-0.1, -0.05) is 65.3 Å². The molecule has 0 saturated heterocycles. The number of hydrogen-bond acceptors (Lipinski definition) is 7. The highest BCUT2D eigenvalue weighted by molar-refractivity contribution is 7.98. The number of carbonyl (C=O) groups is 1. The minimum Gasteiger partial charge on any atom is -0.504 e. The van der Waals surface area contributed by atoms with E-state index in [0.29, 0.717) is 45.5 Å². The number of ether oxygens (including phenoxy) is 1. The van der Waals surface area contributed by atoms with Crippen molar-refractivity contribution in [1.82, 2.24) is 14.8 Å². The summed E-state index contributed by atoms with van der Waals surface area (Å²) in [5.41, 5.74) is 5.65. The topological polar surface area (TPSA) is 101 Å². The number of aryl methyl sites for hydroxylation is 2. The minimum absolute atomic E-state index is 0.0244. The molecule has 0 fully saturated rings. The van der Waals surface area contributed by atoms with Crippen LogP contribution in [0.25, 0.3) is 0 Å². The number of phenolic OH excluding ortho intramolecular Hbond substituents is 1. The number of amides is 1. The summed E-state index contributed by atoms with van der Waals surface area (Å²) in [6, 6.07) is 18.0. The van der Waals surface area contributed by atoms with Crippen molar-refractivity contribution in [3.8, 4) is 11.5 Å². The van der Waals surface area contributed by atoms with Crippen molar-refractivity contribution < 1.29 is 14.6 Å². The number of nitrogens with one attached hydrogen (secondary N) is 2. The lowest BCUT2D eigenvalue weighted by atomic mass is 9.94. The highest BCUT2D eigenvalue weighted by Gasteiger charge is 2.35. The van der Waals surface area contributed by atoms with Gasteiger partial charge in [-0.15, -0.1) is 5.10 Å². The van der Waals surface area contributed by atoms with Crippen molar-refractivity contribution in [2.75, 3.05) is 17.2 Å². The van der Waals surface area contributed by atoms with Gasteiger partial charge in [-0.2, -0.15) is 4.98 Å².